The molecule has 0 spiro atoms. The second-order valence-corrected chi connectivity index (χ2v) is 14.6. The van der Waals surface area contributed by atoms with Crippen molar-refractivity contribution >= 4 is 19.8 Å². The van der Waals surface area contributed by atoms with E-state index in [1.54, 1.807) is 0 Å². The molecule has 0 fully saturated rings. The largest absolute Gasteiger partial charge is 0.472 e. The van der Waals surface area contributed by atoms with Gasteiger partial charge < -0.3 is 20.1 Å². The van der Waals surface area contributed by atoms with Crippen molar-refractivity contribution in [1.29, 1.82) is 0 Å². The summed E-state index contributed by atoms with van der Waals surface area (Å²) in [6.45, 7) is 3.50. The molecule has 0 heterocycles. The lowest BCUT2D eigenvalue weighted by molar-refractivity contribution is -0.161. The van der Waals surface area contributed by atoms with Gasteiger partial charge in [-0.25, -0.2) is 4.57 Å². The average Bonchev–Trinajstić information content (AvgIpc) is 3.14. The molecule has 0 aromatic heterocycles. The van der Waals surface area contributed by atoms with Gasteiger partial charge in [-0.3, -0.25) is 18.6 Å². The molecule has 0 aliphatic heterocycles. The zero-order valence-electron chi connectivity index (χ0n) is 33.2. The fourth-order valence-electron chi connectivity index (χ4n) is 5.07. The highest BCUT2D eigenvalue weighted by atomic mass is 31.2. The molecule has 53 heavy (non-hydrogen) atoms. The van der Waals surface area contributed by atoms with Gasteiger partial charge in [0, 0.05) is 19.4 Å². The van der Waals surface area contributed by atoms with E-state index in [0.29, 0.717) is 12.8 Å². The number of carbonyl (C=O) groups excluding carboxylic acids is 2. The maximum Gasteiger partial charge on any atom is 0.472 e. The van der Waals surface area contributed by atoms with Gasteiger partial charge in [0.25, 0.3) is 0 Å². The van der Waals surface area contributed by atoms with Gasteiger partial charge in [-0.1, -0.05) is 138 Å². The van der Waals surface area contributed by atoms with E-state index in [-0.39, 0.29) is 32.6 Å². The number of carbonyl (C=O) groups is 2. The van der Waals surface area contributed by atoms with Crippen LogP contribution in [0.15, 0.2) is 72.9 Å². The summed E-state index contributed by atoms with van der Waals surface area (Å²) in [5, 5.41) is 0. The molecule has 0 amide bonds. The van der Waals surface area contributed by atoms with Crippen molar-refractivity contribution in [1.82, 2.24) is 0 Å². The maximum atomic E-state index is 12.6. The summed E-state index contributed by atoms with van der Waals surface area (Å²) in [7, 11) is -4.39. The third-order valence-electron chi connectivity index (χ3n) is 8.06. The Balaban J connectivity index is 4.24. The van der Waals surface area contributed by atoms with Crippen LogP contribution in [0.4, 0.5) is 0 Å². The lowest BCUT2D eigenvalue weighted by atomic mass is 10.1. The molecule has 0 bridgehead atoms. The highest BCUT2D eigenvalue weighted by Gasteiger charge is 2.25. The van der Waals surface area contributed by atoms with E-state index in [4.69, 9.17) is 24.3 Å². The summed E-state index contributed by atoms with van der Waals surface area (Å²) < 4.78 is 32.7. The Morgan fingerprint density at radius 1 is 0.585 bits per heavy atom. The Morgan fingerprint density at radius 3 is 1.55 bits per heavy atom. The fraction of sp³-hybridized carbons (Fsp3) is 0.674. The fourth-order valence-corrected chi connectivity index (χ4v) is 5.84. The third kappa shape index (κ3) is 39.0. The molecule has 9 nitrogen and oxygen atoms in total. The number of unbranched alkanes of at least 4 members (excludes halogenated alkanes) is 12. The second-order valence-electron chi connectivity index (χ2n) is 13.1. The van der Waals surface area contributed by atoms with Crippen molar-refractivity contribution in [2.24, 2.45) is 5.73 Å². The summed E-state index contributed by atoms with van der Waals surface area (Å²) >= 11 is 0. The summed E-state index contributed by atoms with van der Waals surface area (Å²) in [6, 6.07) is 0. The molecular weight excluding hydrogens is 689 g/mol. The molecule has 0 aliphatic carbocycles. The number of allylic oxidation sites excluding steroid dienone is 12. The first-order valence-electron chi connectivity index (χ1n) is 20.4. The topological polar surface area (TPSA) is 134 Å². The first-order valence-corrected chi connectivity index (χ1v) is 21.9. The van der Waals surface area contributed by atoms with Gasteiger partial charge in [0.2, 0.25) is 0 Å². The summed E-state index contributed by atoms with van der Waals surface area (Å²) in [5.74, 6) is -0.869. The number of phosphoric acid groups is 1. The van der Waals surface area contributed by atoms with Crippen molar-refractivity contribution in [2.45, 2.75) is 161 Å². The van der Waals surface area contributed by atoms with E-state index in [9.17, 15) is 19.0 Å². The second kappa shape index (κ2) is 39.2. The van der Waals surface area contributed by atoms with Crippen LogP contribution in [0, 0.1) is 0 Å². The van der Waals surface area contributed by atoms with Crippen LogP contribution >= 0.6 is 7.82 Å². The standard InChI is InChI=1S/C43H74NO8P/c1-3-5-7-9-11-13-15-17-18-19-20-21-22-24-26-28-30-32-34-36-43(46)52-41(40-51-53(47,48)50-38-37-44)39-49-42(45)35-33-31-29-27-25-23-16-14-12-10-8-6-4-2/h5,7-8,10-11,13-14,16-18,20-21,41H,3-4,6,9,12,15,19,22-40,44H2,1-2H3,(H,47,48)/b7-5-,10-8-,13-11-,16-14-,18-17-,21-20-. The van der Waals surface area contributed by atoms with Crippen LogP contribution in [0.3, 0.4) is 0 Å². The van der Waals surface area contributed by atoms with Gasteiger partial charge >= 0.3 is 19.8 Å². The normalized spacial score (nSPS) is 14.1. The molecule has 2 unspecified atom stereocenters. The van der Waals surface area contributed by atoms with Gasteiger partial charge in [-0.15, -0.1) is 0 Å². The van der Waals surface area contributed by atoms with E-state index in [1.807, 2.05) is 0 Å². The first-order chi connectivity index (χ1) is 25.8. The molecule has 10 heteroatoms. The van der Waals surface area contributed by atoms with E-state index in [1.165, 1.54) is 6.42 Å². The van der Waals surface area contributed by atoms with Gasteiger partial charge in [-0.05, 0) is 77.0 Å². The van der Waals surface area contributed by atoms with Gasteiger partial charge in [0.1, 0.15) is 6.61 Å². The van der Waals surface area contributed by atoms with E-state index in [2.05, 4.69) is 86.8 Å². The van der Waals surface area contributed by atoms with Crippen molar-refractivity contribution in [2.75, 3.05) is 26.4 Å². The van der Waals surface area contributed by atoms with Gasteiger partial charge in [-0.2, -0.15) is 0 Å². The molecule has 304 valence electrons. The van der Waals surface area contributed by atoms with Crippen LogP contribution in [-0.4, -0.2) is 49.3 Å². The van der Waals surface area contributed by atoms with Gasteiger partial charge in [0.15, 0.2) is 6.10 Å². The molecule has 0 radical (unpaired) electrons. The Labute approximate surface area is 322 Å². The molecule has 0 aliphatic rings. The minimum Gasteiger partial charge on any atom is -0.462 e. The number of hydrogen-bond donors (Lipinski definition) is 2. The van der Waals surface area contributed by atoms with Crippen LogP contribution in [0.2, 0.25) is 0 Å². The molecule has 0 saturated carbocycles. The zero-order valence-corrected chi connectivity index (χ0v) is 34.1. The first kappa shape index (κ1) is 50.5. The molecule has 0 aromatic rings. The minimum atomic E-state index is -4.39. The van der Waals surface area contributed by atoms with Crippen molar-refractivity contribution in [3.63, 3.8) is 0 Å². The lowest BCUT2D eigenvalue weighted by Crippen LogP contribution is -2.29. The van der Waals surface area contributed by atoms with Crippen LogP contribution < -0.4 is 5.73 Å². The zero-order chi connectivity index (χ0) is 38.9. The minimum absolute atomic E-state index is 0.0449. The number of esters is 2. The molecule has 0 rings (SSSR count). The average molecular weight is 764 g/mol. The van der Waals surface area contributed by atoms with Gasteiger partial charge in [0.05, 0.1) is 13.2 Å². The van der Waals surface area contributed by atoms with Crippen LogP contribution in [0.5, 0.6) is 0 Å². The predicted molar refractivity (Wildman–Crippen MR) is 219 cm³/mol. The number of nitrogens with two attached hydrogens (primary N) is 1. The summed E-state index contributed by atoms with van der Waals surface area (Å²) in [6.07, 6.45) is 46.4. The Kier molecular flexibility index (Phi) is 37.3. The number of phosphoric ester groups is 1. The number of hydrogen-bond acceptors (Lipinski definition) is 8. The molecular formula is C43H74NO8P. The molecule has 0 saturated heterocycles. The predicted octanol–water partition coefficient (Wildman–Crippen LogP) is 11.5. The molecule has 2 atom stereocenters. The Hall–Kier alpha value is -2.55. The molecule has 3 N–H and O–H groups in total. The van der Waals surface area contributed by atoms with Crippen LogP contribution in [0.25, 0.3) is 0 Å². The third-order valence-corrected chi connectivity index (χ3v) is 9.04. The van der Waals surface area contributed by atoms with E-state index < -0.39 is 32.5 Å². The van der Waals surface area contributed by atoms with E-state index in [0.717, 1.165) is 109 Å². The van der Waals surface area contributed by atoms with Crippen LogP contribution in [-0.2, 0) is 32.7 Å². The van der Waals surface area contributed by atoms with Crippen molar-refractivity contribution in [3.8, 4) is 0 Å². The highest BCUT2D eigenvalue weighted by Crippen LogP contribution is 2.43. The number of rotatable bonds is 37. The summed E-state index contributed by atoms with van der Waals surface area (Å²) in [4.78, 5) is 34.8. The van der Waals surface area contributed by atoms with Crippen molar-refractivity contribution in [3.05, 3.63) is 72.9 Å². The highest BCUT2D eigenvalue weighted by molar-refractivity contribution is 7.47. The monoisotopic (exact) mass is 764 g/mol. The maximum absolute atomic E-state index is 12.6. The SMILES string of the molecule is CC/C=C\C/C=C\C/C=C\C/C=C\CCCCCCCCC(=O)OC(COC(=O)CCCCCCC/C=C\C/C=C\CCC)COP(=O)(O)OCCN. The van der Waals surface area contributed by atoms with Crippen molar-refractivity contribution < 1.29 is 37.6 Å². The Morgan fingerprint density at radius 2 is 1.04 bits per heavy atom. The number of ether oxygens (including phenoxy) is 2. The summed E-state index contributed by atoms with van der Waals surface area (Å²) in [5.41, 5.74) is 5.34. The lowest BCUT2D eigenvalue weighted by Gasteiger charge is -2.19. The smallest absolute Gasteiger partial charge is 0.462 e. The molecule has 0 aromatic carbocycles. The van der Waals surface area contributed by atoms with Crippen LogP contribution in [0.1, 0.15) is 155 Å². The quantitative estimate of drug-likeness (QED) is 0.0274. The Bertz CT molecular complexity index is 1100. The van der Waals surface area contributed by atoms with E-state index >= 15 is 0 Å².